The molecule has 2 fully saturated rings. The predicted octanol–water partition coefficient (Wildman–Crippen LogP) is 0.643. The van der Waals surface area contributed by atoms with Crippen molar-refractivity contribution in [2.75, 3.05) is 31.6 Å². The van der Waals surface area contributed by atoms with Gasteiger partial charge in [0, 0.05) is 19.2 Å². The van der Waals surface area contributed by atoms with Crippen LogP contribution in [-0.4, -0.2) is 53.5 Å². The van der Waals surface area contributed by atoms with Crippen molar-refractivity contribution in [3.63, 3.8) is 0 Å². The summed E-state index contributed by atoms with van der Waals surface area (Å²) in [6, 6.07) is 3.32. The van der Waals surface area contributed by atoms with E-state index in [-0.39, 0.29) is 5.88 Å². The molecule has 1 amide bonds. The summed E-state index contributed by atoms with van der Waals surface area (Å²) in [6.07, 6.45) is 0.853. The van der Waals surface area contributed by atoms with Crippen molar-refractivity contribution in [3.8, 4) is 11.6 Å². The third-order valence-electron chi connectivity index (χ3n) is 4.07. The zero-order chi connectivity index (χ0) is 15.3. The van der Waals surface area contributed by atoms with E-state index >= 15 is 0 Å². The lowest BCUT2D eigenvalue weighted by molar-refractivity contribution is 0.0142. The smallest absolute Gasteiger partial charge is 0.415 e. The second-order valence-electron chi connectivity index (χ2n) is 5.48. The first kappa shape index (κ1) is 13.1. The van der Waals surface area contributed by atoms with Crippen LogP contribution in [0, 0.1) is 0 Å². The lowest BCUT2D eigenvalue weighted by atomic mass is 9.97. The standard InChI is InChI=1S/C14H14N4O4/c1-21-11-3-9-8(12(19)17-7-16-9)2-10(11)18-6-14(4-15-5-14)22-13(18)20/h2-3,7,15H,4-6H2,1H3,(H,16,17,19). The fraction of sp³-hybridized carbons (Fsp3) is 0.357. The fourth-order valence-electron chi connectivity index (χ4n) is 2.83. The molecule has 0 unspecified atom stereocenters. The first-order valence-electron chi connectivity index (χ1n) is 6.85. The Balaban J connectivity index is 1.83. The highest BCUT2D eigenvalue weighted by Crippen LogP contribution is 2.39. The number of anilines is 1. The van der Waals surface area contributed by atoms with Crippen molar-refractivity contribution in [2.24, 2.45) is 0 Å². The second kappa shape index (κ2) is 4.44. The lowest BCUT2D eigenvalue weighted by Gasteiger charge is -2.36. The monoisotopic (exact) mass is 302 g/mol. The Morgan fingerprint density at radius 1 is 1.41 bits per heavy atom. The summed E-state index contributed by atoms with van der Waals surface area (Å²) in [7, 11) is 1.52. The molecule has 0 bridgehead atoms. The van der Waals surface area contributed by atoms with E-state index in [9.17, 15) is 9.90 Å². The normalized spacial score (nSPS) is 19.3. The van der Waals surface area contributed by atoms with E-state index in [0.717, 1.165) is 0 Å². The molecule has 1 aromatic carbocycles. The Morgan fingerprint density at radius 3 is 2.86 bits per heavy atom. The molecule has 0 radical (unpaired) electrons. The largest absolute Gasteiger partial charge is 0.494 e. The van der Waals surface area contributed by atoms with Crippen LogP contribution >= 0.6 is 0 Å². The highest BCUT2D eigenvalue weighted by atomic mass is 16.6. The van der Waals surface area contributed by atoms with Gasteiger partial charge < -0.3 is 19.9 Å². The third-order valence-corrected chi connectivity index (χ3v) is 4.07. The highest BCUT2D eigenvalue weighted by molar-refractivity contribution is 5.97. The van der Waals surface area contributed by atoms with Crippen LogP contribution in [0.3, 0.4) is 0 Å². The number of methoxy groups -OCH3 is 1. The molecule has 114 valence electrons. The van der Waals surface area contributed by atoms with Crippen molar-refractivity contribution in [1.29, 1.82) is 0 Å². The molecular formula is C14H14N4O4. The molecule has 8 heteroatoms. The van der Waals surface area contributed by atoms with Crippen LogP contribution in [0.4, 0.5) is 10.5 Å². The van der Waals surface area contributed by atoms with E-state index in [0.29, 0.717) is 42.0 Å². The minimum Gasteiger partial charge on any atom is -0.494 e. The molecule has 1 spiro atoms. The molecule has 0 saturated carbocycles. The SMILES string of the molecule is COc1cc2ncnc(O)c2cc1N1CC2(CNC2)OC1=O. The van der Waals surface area contributed by atoms with Crippen LogP contribution in [0.2, 0.25) is 0 Å². The van der Waals surface area contributed by atoms with Crippen molar-refractivity contribution in [3.05, 3.63) is 18.5 Å². The topological polar surface area (TPSA) is 96.8 Å². The number of aromatic hydroxyl groups is 1. The van der Waals surface area contributed by atoms with Gasteiger partial charge in [-0.2, -0.15) is 0 Å². The Hall–Kier alpha value is -2.61. The van der Waals surface area contributed by atoms with Gasteiger partial charge in [-0.15, -0.1) is 0 Å². The number of hydrogen-bond acceptors (Lipinski definition) is 7. The van der Waals surface area contributed by atoms with Crippen LogP contribution in [0.25, 0.3) is 10.9 Å². The molecule has 2 aliphatic rings. The molecule has 0 atom stereocenters. The summed E-state index contributed by atoms with van der Waals surface area (Å²) >= 11 is 0. The zero-order valence-corrected chi connectivity index (χ0v) is 11.9. The number of hydrogen-bond donors (Lipinski definition) is 2. The van der Waals surface area contributed by atoms with Crippen LogP contribution < -0.4 is 15.0 Å². The quantitative estimate of drug-likeness (QED) is 0.840. The molecule has 0 aliphatic carbocycles. The number of rotatable bonds is 2. The van der Waals surface area contributed by atoms with Gasteiger partial charge in [-0.3, -0.25) is 4.90 Å². The van der Waals surface area contributed by atoms with Crippen molar-refractivity contribution >= 4 is 22.7 Å². The molecule has 3 heterocycles. The summed E-state index contributed by atoms with van der Waals surface area (Å²) in [5, 5.41) is 13.5. The summed E-state index contributed by atoms with van der Waals surface area (Å²) in [5.74, 6) is 0.355. The summed E-state index contributed by atoms with van der Waals surface area (Å²) < 4.78 is 10.8. The fourth-order valence-corrected chi connectivity index (χ4v) is 2.83. The van der Waals surface area contributed by atoms with Gasteiger partial charge in [0.05, 0.1) is 30.2 Å². The number of nitrogens with zero attached hydrogens (tertiary/aromatic N) is 3. The van der Waals surface area contributed by atoms with E-state index in [1.54, 1.807) is 12.1 Å². The first-order valence-corrected chi connectivity index (χ1v) is 6.85. The Kier molecular flexibility index (Phi) is 2.64. The minimum atomic E-state index is -0.466. The number of carbonyl (C=O) groups excluding carboxylic acids is 1. The molecule has 2 aromatic rings. The average molecular weight is 302 g/mol. The molecule has 2 saturated heterocycles. The molecule has 4 rings (SSSR count). The average Bonchev–Trinajstić information content (AvgIpc) is 2.84. The van der Waals surface area contributed by atoms with Crippen LogP contribution in [0.1, 0.15) is 0 Å². The maximum atomic E-state index is 12.2. The van der Waals surface area contributed by atoms with Gasteiger partial charge in [0.2, 0.25) is 5.88 Å². The Labute approximate surface area is 125 Å². The maximum Gasteiger partial charge on any atom is 0.415 e. The number of carbonyl (C=O) groups is 1. The molecular weight excluding hydrogens is 288 g/mol. The Bertz CT molecular complexity index is 775. The third kappa shape index (κ3) is 1.77. The van der Waals surface area contributed by atoms with E-state index in [2.05, 4.69) is 15.3 Å². The van der Waals surface area contributed by atoms with Gasteiger partial charge in [0.15, 0.2) is 5.60 Å². The summed E-state index contributed by atoms with van der Waals surface area (Å²) in [6.45, 7) is 1.72. The van der Waals surface area contributed by atoms with Gasteiger partial charge in [-0.05, 0) is 6.07 Å². The van der Waals surface area contributed by atoms with Gasteiger partial charge in [-0.1, -0.05) is 0 Å². The molecule has 22 heavy (non-hydrogen) atoms. The predicted molar refractivity (Wildman–Crippen MR) is 77.2 cm³/mol. The van der Waals surface area contributed by atoms with Crippen molar-refractivity contribution in [1.82, 2.24) is 15.3 Å². The number of ether oxygens (including phenoxy) is 2. The highest BCUT2D eigenvalue weighted by Gasteiger charge is 2.50. The van der Waals surface area contributed by atoms with Crippen LogP contribution in [0.5, 0.6) is 11.6 Å². The maximum absolute atomic E-state index is 12.2. The molecule has 2 aliphatic heterocycles. The number of amides is 1. The molecule has 8 nitrogen and oxygen atoms in total. The van der Waals surface area contributed by atoms with E-state index in [4.69, 9.17) is 9.47 Å². The Morgan fingerprint density at radius 2 is 2.23 bits per heavy atom. The number of aromatic nitrogens is 2. The second-order valence-corrected chi connectivity index (χ2v) is 5.48. The van der Waals surface area contributed by atoms with Crippen molar-refractivity contribution in [2.45, 2.75) is 5.60 Å². The lowest BCUT2D eigenvalue weighted by Crippen LogP contribution is -2.61. The van der Waals surface area contributed by atoms with Gasteiger partial charge in [-0.25, -0.2) is 14.8 Å². The van der Waals surface area contributed by atoms with Crippen LogP contribution in [0.15, 0.2) is 18.5 Å². The van der Waals surface area contributed by atoms with Crippen LogP contribution in [-0.2, 0) is 4.74 Å². The number of fused-ring (bicyclic) bond motifs is 1. The summed E-state index contributed by atoms with van der Waals surface area (Å²) in [4.78, 5) is 21.6. The molecule has 2 N–H and O–H groups in total. The van der Waals surface area contributed by atoms with Gasteiger partial charge >= 0.3 is 6.09 Å². The van der Waals surface area contributed by atoms with Gasteiger partial charge in [0.1, 0.15) is 12.1 Å². The first-order chi connectivity index (χ1) is 10.6. The van der Waals surface area contributed by atoms with E-state index in [1.807, 2.05) is 0 Å². The minimum absolute atomic E-state index is 0.138. The number of benzene rings is 1. The van der Waals surface area contributed by atoms with E-state index in [1.165, 1.54) is 18.3 Å². The van der Waals surface area contributed by atoms with Gasteiger partial charge in [0.25, 0.3) is 0 Å². The molecule has 1 aromatic heterocycles. The summed E-state index contributed by atoms with van der Waals surface area (Å²) in [5.41, 5.74) is 0.612. The number of nitrogens with one attached hydrogen (secondary N) is 1. The van der Waals surface area contributed by atoms with E-state index < -0.39 is 11.7 Å². The zero-order valence-electron chi connectivity index (χ0n) is 11.9. The van der Waals surface area contributed by atoms with Crippen molar-refractivity contribution < 1.29 is 19.4 Å².